The van der Waals surface area contributed by atoms with Gasteiger partial charge >= 0.3 is 6.03 Å². The first-order chi connectivity index (χ1) is 10.9. The van der Waals surface area contributed by atoms with E-state index in [0.717, 1.165) is 13.6 Å². The summed E-state index contributed by atoms with van der Waals surface area (Å²) in [6.07, 6.45) is 0.610. The van der Waals surface area contributed by atoms with E-state index in [9.17, 15) is 9.59 Å². The molecular formula is C14H15BrN4O3S. The zero-order chi connectivity index (χ0) is 16.6. The molecule has 3 heterocycles. The Labute approximate surface area is 145 Å². The molecule has 1 fully saturated rings. The Morgan fingerprint density at radius 3 is 2.87 bits per heavy atom. The van der Waals surface area contributed by atoms with Crippen molar-refractivity contribution in [2.24, 2.45) is 5.92 Å². The number of carbonyl (C=O) groups excluding carboxylic acids is 2. The number of carbonyl (C=O) groups is 2. The predicted octanol–water partition coefficient (Wildman–Crippen LogP) is 3.03. The first-order valence-corrected chi connectivity index (χ1v) is 8.75. The van der Waals surface area contributed by atoms with Gasteiger partial charge in [-0.3, -0.25) is 9.69 Å². The van der Waals surface area contributed by atoms with E-state index in [4.69, 9.17) is 4.52 Å². The number of aromatic nitrogens is 2. The number of nitrogens with zero attached hydrogens (tertiary/aromatic N) is 3. The summed E-state index contributed by atoms with van der Waals surface area (Å²) in [5.74, 6) is 0.749. The highest BCUT2D eigenvalue weighted by Crippen LogP contribution is 2.29. The predicted molar refractivity (Wildman–Crippen MR) is 87.6 cm³/mol. The number of thiophene rings is 1. The number of amides is 3. The number of hydrogen-bond acceptors (Lipinski definition) is 6. The summed E-state index contributed by atoms with van der Waals surface area (Å²) in [7, 11) is 0. The van der Waals surface area contributed by atoms with E-state index in [-0.39, 0.29) is 18.3 Å². The number of rotatable bonds is 5. The van der Waals surface area contributed by atoms with Gasteiger partial charge in [-0.25, -0.2) is 4.79 Å². The van der Waals surface area contributed by atoms with Crippen LogP contribution in [-0.4, -0.2) is 33.0 Å². The quantitative estimate of drug-likeness (QED) is 0.781. The van der Waals surface area contributed by atoms with Crippen LogP contribution in [0, 0.1) is 5.92 Å². The van der Waals surface area contributed by atoms with Gasteiger partial charge in [0.2, 0.25) is 11.7 Å². The summed E-state index contributed by atoms with van der Waals surface area (Å²) in [4.78, 5) is 30.5. The summed E-state index contributed by atoms with van der Waals surface area (Å²) in [6.45, 7) is 4.00. The molecule has 9 heteroatoms. The molecule has 1 atom stereocenters. The highest BCUT2D eigenvalue weighted by Gasteiger charge is 2.38. The molecular weight excluding hydrogens is 384 g/mol. The van der Waals surface area contributed by atoms with E-state index in [0.29, 0.717) is 18.2 Å². The lowest BCUT2D eigenvalue weighted by Gasteiger charge is -2.11. The van der Waals surface area contributed by atoms with Gasteiger partial charge < -0.3 is 9.84 Å². The van der Waals surface area contributed by atoms with Gasteiger partial charge in [-0.15, -0.1) is 11.3 Å². The number of imide groups is 1. The molecule has 1 unspecified atom stereocenters. The molecule has 23 heavy (non-hydrogen) atoms. The number of urea groups is 1. The van der Waals surface area contributed by atoms with Gasteiger partial charge in [-0.2, -0.15) is 4.98 Å². The minimum absolute atomic E-state index is 0.0151. The van der Waals surface area contributed by atoms with Crippen molar-refractivity contribution in [1.29, 1.82) is 0 Å². The Morgan fingerprint density at radius 2 is 2.22 bits per heavy atom. The smallest absolute Gasteiger partial charge is 0.325 e. The van der Waals surface area contributed by atoms with Crippen molar-refractivity contribution in [1.82, 2.24) is 20.4 Å². The summed E-state index contributed by atoms with van der Waals surface area (Å²) in [6, 6.07) is 2.87. The zero-order valence-electron chi connectivity index (χ0n) is 12.6. The van der Waals surface area contributed by atoms with Crippen LogP contribution in [0.2, 0.25) is 0 Å². The van der Waals surface area contributed by atoms with Crippen LogP contribution in [0.3, 0.4) is 0 Å². The van der Waals surface area contributed by atoms with Crippen LogP contribution >= 0.6 is 27.3 Å². The third kappa shape index (κ3) is 3.45. The molecule has 0 saturated carbocycles. The van der Waals surface area contributed by atoms with Crippen LogP contribution in [-0.2, 0) is 11.3 Å². The fourth-order valence-electron chi connectivity index (χ4n) is 2.35. The molecule has 0 bridgehead atoms. The second kappa shape index (κ2) is 6.40. The molecule has 2 aromatic rings. The highest BCUT2D eigenvalue weighted by atomic mass is 79.9. The van der Waals surface area contributed by atoms with E-state index >= 15 is 0 Å². The molecule has 0 spiro atoms. The third-order valence-electron chi connectivity index (χ3n) is 3.37. The fourth-order valence-corrected chi connectivity index (χ4v) is 3.66. The lowest BCUT2D eigenvalue weighted by Crippen LogP contribution is -2.31. The number of hydrogen-bond donors (Lipinski definition) is 1. The van der Waals surface area contributed by atoms with E-state index in [1.807, 2.05) is 26.0 Å². The molecule has 1 aliphatic rings. The Morgan fingerprint density at radius 1 is 1.43 bits per heavy atom. The van der Waals surface area contributed by atoms with Gasteiger partial charge in [0.05, 0.1) is 8.66 Å². The second-order valence-corrected chi connectivity index (χ2v) is 8.13. The van der Waals surface area contributed by atoms with Gasteiger partial charge in [0.15, 0.2) is 0 Å². The van der Waals surface area contributed by atoms with E-state index in [1.165, 1.54) is 11.3 Å². The maximum atomic E-state index is 12.3. The summed E-state index contributed by atoms with van der Waals surface area (Å²) in [5, 5.41) is 6.58. The molecule has 1 saturated heterocycles. The van der Waals surface area contributed by atoms with Crippen molar-refractivity contribution in [3.8, 4) is 10.7 Å². The van der Waals surface area contributed by atoms with Crippen LogP contribution in [0.1, 0.15) is 26.2 Å². The summed E-state index contributed by atoms with van der Waals surface area (Å²) in [5.41, 5.74) is 0. The number of halogens is 1. The van der Waals surface area contributed by atoms with Crippen LogP contribution < -0.4 is 5.32 Å². The molecule has 0 aliphatic carbocycles. The van der Waals surface area contributed by atoms with Crippen LogP contribution in [0.5, 0.6) is 0 Å². The lowest BCUT2D eigenvalue weighted by molar-refractivity contribution is -0.128. The van der Waals surface area contributed by atoms with E-state index in [2.05, 4.69) is 31.4 Å². The van der Waals surface area contributed by atoms with Crippen molar-refractivity contribution in [3.05, 3.63) is 21.8 Å². The highest BCUT2D eigenvalue weighted by molar-refractivity contribution is 9.11. The Hall–Kier alpha value is -1.74. The molecule has 1 N–H and O–H groups in total. The van der Waals surface area contributed by atoms with Gasteiger partial charge in [0, 0.05) is 0 Å². The fraction of sp³-hybridized carbons (Fsp3) is 0.429. The molecule has 3 rings (SSSR count). The summed E-state index contributed by atoms with van der Waals surface area (Å²) >= 11 is 4.85. The molecule has 0 radical (unpaired) electrons. The SMILES string of the molecule is CC(C)CC1NC(=O)N(Cc2nc(-c3ccc(Br)s3)no2)C1=O. The third-order valence-corrected chi connectivity index (χ3v) is 4.99. The molecule has 7 nitrogen and oxygen atoms in total. The maximum absolute atomic E-state index is 12.3. The van der Waals surface area contributed by atoms with Crippen molar-refractivity contribution >= 4 is 39.2 Å². The first-order valence-electron chi connectivity index (χ1n) is 7.14. The monoisotopic (exact) mass is 398 g/mol. The summed E-state index contributed by atoms with van der Waals surface area (Å²) < 4.78 is 6.12. The minimum atomic E-state index is -0.474. The average molecular weight is 399 g/mol. The van der Waals surface area contributed by atoms with Gasteiger partial charge in [0.1, 0.15) is 12.6 Å². The van der Waals surface area contributed by atoms with E-state index in [1.54, 1.807) is 0 Å². The molecule has 122 valence electrons. The molecule has 2 aromatic heterocycles. The largest absolute Gasteiger partial charge is 0.337 e. The number of nitrogens with one attached hydrogen (secondary N) is 1. The Balaban J connectivity index is 1.71. The van der Waals surface area contributed by atoms with Gasteiger partial charge in [-0.1, -0.05) is 19.0 Å². The Bertz CT molecular complexity index is 742. The zero-order valence-corrected chi connectivity index (χ0v) is 15.0. The molecule has 0 aromatic carbocycles. The van der Waals surface area contributed by atoms with Crippen molar-refractivity contribution < 1.29 is 14.1 Å². The van der Waals surface area contributed by atoms with Crippen LogP contribution in [0.4, 0.5) is 4.79 Å². The standard InChI is InChI=1S/C14H15BrN4O3S/c1-7(2)5-8-13(20)19(14(21)16-8)6-11-17-12(18-22-11)9-3-4-10(15)23-9/h3-4,7-8H,5-6H2,1-2H3,(H,16,21). The lowest BCUT2D eigenvalue weighted by atomic mass is 10.0. The van der Waals surface area contributed by atoms with Gasteiger partial charge in [-0.05, 0) is 40.4 Å². The Kier molecular flexibility index (Phi) is 4.49. The maximum Gasteiger partial charge on any atom is 0.325 e. The van der Waals surface area contributed by atoms with Crippen LogP contribution in [0.25, 0.3) is 10.7 Å². The first kappa shape index (κ1) is 16.1. The van der Waals surface area contributed by atoms with Crippen molar-refractivity contribution in [3.63, 3.8) is 0 Å². The molecule has 1 aliphatic heterocycles. The normalized spacial score (nSPS) is 18.1. The van der Waals surface area contributed by atoms with Crippen molar-refractivity contribution in [2.45, 2.75) is 32.9 Å². The van der Waals surface area contributed by atoms with Crippen molar-refractivity contribution in [2.75, 3.05) is 0 Å². The van der Waals surface area contributed by atoms with E-state index < -0.39 is 12.1 Å². The second-order valence-electron chi connectivity index (χ2n) is 5.67. The van der Waals surface area contributed by atoms with Gasteiger partial charge in [0.25, 0.3) is 5.91 Å². The average Bonchev–Trinajstić information content (AvgIpc) is 3.16. The topological polar surface area (TPSA) is 88.3 Å². The van der Waals surface area contributed by atoms with Crippen LogP contribution in [0.15, 0.2) is 20.4 Å². The minimum Gasteiger partial charge on any atom is -0.337 e. The molecule has 3 amide bonds.